The Balaban J connectivity index is 1.88. The molecule has 0 fully saturated rings. The predicted octanol–water partition coefficient (Wildman–Crippen LogP) is 3.99. The van der Waals surface area contributed by atoms with Gasteiger partial charge in [0.05, 0.1) is 6.07 Å². The Bertz CT molecular complexity index is 1040. The van der Waals surface area contributed by atoms with E-state index in [0.717, 1.165) is 22.4 Å². The Kier molecular flexibility index (Phi) is 5.79. The van der Waals surface area contributed by atoms with E-state index in [4.69, 9.17) is 0 Å². The van der Waals surface area contributed by atoms with Gasteiger partial charge in [0.2, 0.25) is 0 Å². The zero-order valence-electron chi connectivity index (χ0n) is 17.2. The Morgan fingerprint density at radius 2 is 1.93 bits per heavy atom. The minimum absolute atomic E-state index is 0.0451. The molecule has 2 aromatic carbocycles. The average Bonchev–Trinajstić information content (AvgIpc) is 2.67. The number of fused-ring (bicyclic) bond motifs is 1. The smallest absolute Gasteiger partial charge is 0.408 e. The number of hydrogen-bond donors (Lipinski definition) is 2. The number of amides is 2. The van der Waals surface area contributed by atoms with E-state index in [1.807, 2.05) is 12.1 Å². The van der Waals surface area contributed by atoms with Gasteiger partial charge in [0.1, 0.15) is 11.9 Å². The van der Waals surface area contributed by atoms with Crippen molar-refractivity contribution in [1.82, 2.24) is 10.2 Å². The summed E-state index contributed by atoms with van der Waals surface area (Å²) in [5.74, 6) is -0.601. The number of benzene rings is 2. The van der Waals surface area contributed by atoms with Gasteiger partial charge in [0, 0.05) is 24.1 Å². The lowest BCUT2D eigenvalue weighted by Crippen LogP contribution is -2.51. The fourth-order valence-corrected chi connectivity index (χ4v) is 3.79. The van der Waals surface area contributed by atoms with Crippen LogP contribution in [0.1, 0.15) is 42.3 Å². The summed E-state index contributed by atoms with van der Waals surface area (Å²) in [5.41, 5.74) is 2.50. The molecule has 0 saturated carbocycles. The lowest BCUT2D eigenvalue weighted by molar-refractivity contribution is 0.0847. The van der Waals surface area contributed by atoms with E-state index in [-0.39, 0.29) is 17.9 Å². The molecule has 2 aromatic rings. The first-order chi connectivity index (χ1) is 14.1. The molecule has 6 nitrogen and oxygen atoms in total. The van der Waals surface area contributed by atoms with Crippen molar-refractivity contribution in [3.05, 3.63) is 58.9 Å². The highest BCUT2D eigenvalue weighted by Gasteiger charge is 2.33. The summed E-state index contributed by atoms with van der Waals surface area (Å²) in [4.78, 5) is 24.6. The lowest BCUT2D eigenvalue weighted by atomic mass is 9.93. The summed E-state index contributed by atoms with van der Waals surface area (Å²) in [6.07, 6.45) is -0.544. The number of hydrogen-bond acceptors (Lipinski definition) is 3. The molecule has 2 N–H and O–H groups in total. The fourth-order valence-electron chi connectivity index (χ4n) is 3.79. The first-order valence-electron chi connectivity index (χ1n) is 9.73. The van der Waals surface area contributed by atoms with Gasteiger partial charge in [0.15, 0.2) is 0 Å². The van der Waals surface area contributed by atoms with Crippen LogP contribution in [0.25, 0.3) is 11.1 Å². The van der Waals surface area contributed by atoms with Crippen LogP contribution in [0, 0.1) is 17.1 Å². The number of carbonyl (C=O) groups excluding carboxylic acids is 1. The van der Waals surface area contributed by atoms with Crippen molar-refractivity contribution < 1.29 is 19.1 Å². The molecule has 7 heteroatoms. The quantitative estimate of drug-likeness (QED) is 0.798. The van der Waals surface area contributed by atoms with E-state index >= 15 is 0 Å². The second-order valence-electron chi connectivity index (χ2n) is 8.36. The molecule has 0 aliphatic carbocycles. The number of carboxylic acid groups (broad SMARTS) is 1. The molecule has 0 spiro atoms. The third-order valence-corrected chi connectivity index (χ3v) is 5.22. The minimum Gasteiger partial charge on any atom is -0.465 e. The van der Waals surface area contributed by atoms with Crippen LogP contribution in [0.4, 0.5) is 9.18 Å². The predicted molar refractivity (Wildman–Crippen MR) is 111 cm³/mol. The van der Waals surface area contributed by atoms with E-state index in [2.05, 4.69) is 5.32 Å². The van der Waals surface area contributed by atoms with E-state index in [1.165, 1.54) is 6.07 Å². The third-order valence-electron chi connectivity index (χ3n) is 5.22. The zero-order chi connectivity index (χ0) is 22.1. The lowest BCUT2D eigenvalue weighted by Gasteiger charge is -2.36. The fraction of sp³-hybridized carbons (Fsp3) is 0.348. The van der Waals surface area contributed by atoms with Crippen molar-refractivity contribution >= 4 is 12.0 Å². The summed E-state index contributed by atoms with van der Waals surface area (Å²) in [6, 6.07) is 11.1. The van der Waals surface area contributed by atoms with Crippen molar-refractivity contribution in [2.45, 2.75) is 45.2 Å². The van der Waals surface area contributed by atoms with Gasteiger partial charge in [-0.15, -0.1) is 0 Å². The number of rotatable bonds is 4. The molecular weight excluding hydrogens is 385 g/mol. The Labute approximate surface area is 174 Å². The molecule has 2 amide bonds. The normalized spacial score (nSPS) is 14.3. The van der Waals surface area contributed by atoms with Crippen LogP contribution < -0.4 is 5.32 Å². The molecule has 1 heterocycles. The van der Waals surface area contributed by atoms with Crippen molar-refractivity contribution in [3.63, 3.8) is 0 Å². The van der Waals surface area contributed by atoms with Crippen LogP contribution in [0.3, 0.4) is 0 Å². The standard InChI is InChI=1S/C23H24FN3O3/c1-23(2,3)27(22(29)30)18(13-25)11-17-5-4-15(12-20(17)24)14-6-7-19-16(10-14)8-9-26-21(19)28/h4-7,10,12,18H,8-9,11H2,1-3H3,(H,26,28)(H,29,30)/t18-/m0/s1. The van der Waals surface area contributed by atoms with E-state index in [1.54, 1.807) is 45.0 Å². The van der Waals surface area contributed by atoms with Gasteiger partial charge in [0.25, 0.3) is 5.91 Å². The molecular formula is C23H24FN3O3. The van der Waals surface area contributed by atoms with Gasteiger partial charge < -0.3 is 10.4 Å². The molecule has 0 unspecified atom stereocenters. The van der Waals surface area contributed by atoms with E-state index < -0.39 is 23.5 Å². The Morgan fingerprint density at radius 1 is 1.27 bits per heavy atom. The van der Waals surface area contributed by atoms with Crippen molar-refractivity contribution in [2.75, 3.05) is 6.54 Å². The monoisotopic (exact) mass is 409 g/mol. The number of nitrogens with zero attached hydrogens (tertiary/aromatic N) is 2. The van der Waals surface area contributed by atoms with Crippen molar-refractivity contribution in [3.8, 4) is 17.2 Å². The average molecular weight is 409 g/mol. The number of carbonyl (C=O) groups is 2. The van der Waals surface area contributed by atoms with Crippen LogP contribution in [-0.2, 0) is 12.8 Å². The molecule has 1 aliphatic rings. The Morgan fingerprint density at radius 3 is 2.53 bits per heavy atom. The summed E-state index contributed by atoms with van der Waals surface area (Å²) in [5, 5.41) is 21.8. The van der Waals surface area contributed by atoms with Crippen molar-refractivity contribution in [2.24, 2.45) is 0 Å². The zero-order valence-corrected chi connectivity index (χ0v) is 17.2. The number of halogens is 1. The topological polar surface area (TPSA) is 93.4 Å². The van der Waals surface area contributed by atoms with Gasteiger partial charge in [-0.3, -0.25) is 9.69 Å². The first kappa shape index (κ1) is 21.3. The van der Waals surface area contributed by atoms with Gasteiger partial charge in [-0.05, 0) is 61.6 Å². The highest BCUT2D eigenvalue weighted by molar-refractivity contribution is 5.97. The Hall–Kier alpha value is -3.40. The second kappa shape index (κ2) is 8.15. The SMILES string of the molecule is CC(C)(C)N(C(=O)O)[C@H](C#N)Cc1ccc(-c2ccc3c(c2)CCNC3=O)cc1F. The molecule has 1 aliphatic heterocycles. The number of nitrogens with one attached hydrogen (secondary N) is 1. The molecule has 156 valence electrons. The maximum Gasteiger partial charge on any atom is 0.408 e. The van der Waals surface area contributed by atoms with Crippen molar-refractivity contribution in [1.29, 1.82) is 5.26 Å². The van der Waals surface area contributed by atoms with Crippen LogP contribution in [-0.4, -0.2) is 40.1 Å². The molecule has 3 rings (SSSR count). The first-order valence-corrected chi connectivity index (χ1v) is 9.73. The molecule has 0 radical (unpaired) electrons. The molecule has 0 saturated heterocycles. The van der Waals surface area contributed by atoms with Gasteiger partial charge in [-0.2, -0.15) is 5.26 Å². The third kappa shape index (κ3) is 4.28. The highest BCUT2D eigenvalue weighted by Crippen LogP contribution is 2.27. The summed E-state index contributed by atoms with van der Waals surface area (Å²) >= 11 is 0. The minimum atomic E-state index is -1.22. The molecule has 1 atom stereocenters. The molecule has 0 aromatic heterocycles. The van der Waals surface area contributed by atoms with Crippen LogP contribution in [0.2, 0.25) is 0 Å². The van der Waals surface area contributed by atoms with Crippen LogP contribution in [0.15, 0.2) is 36.4 Å². The summed E-state index contributed by atoms with van der Waals surface area (Å²) in [7, 11) is 0. The van der Waals surface area contributed by atoms with E-state index in [9.17, 15) is 24.3 Å². The maximum absolute atomic E-state index is 14.9. The highest BCUT2D eigenvalue weighted by atomic mass is 19.1. The van der Waals surface area contributed by atoms with Crippen LogP contribution >= 0.6 is 0 Å². The van der Waals surface area contributed by atoms with Crippen LogP contribution in [0.5, 0.6) is 0 Å². The maximum atomic E-state index is 14.9. The van der Waals surface area contributed by atoms with E-state index in [0.29, 0.717) is 17.7 Å². The molecule has 30 heavy (non-hydrogen) atoms. The van der Waals surface area contributed by atoms with Gasteiger partial charge >= 0.3 is 6.09 Å². The number of nitriles is 1. The summed E-state index contributed by atoms with van der Waals surface area (Å²) < 4.78 is 14.9. The second-order valence-corrected chi connectivity index (χ2v) is 8.36. The van der Waals surface area contributed by atoms with Gasteiger partial charge in [-0.1, -0.05) is 24.3 Å². The van der Waals surface area contributed by atoms with Gasteiger partial charge in [-0.25, -0.2) is 9.18 Å². The molecule has 0 bridgehead atoms. The summed E-state index contributed by atoms with van der Waals surface area (Å²) in [6.45, 7) is 5.66. The largest absolute Gasteiger partial charge is 0.465 e.